The molecule has 1 N–H and O–H groups in total. The summed E-state index contributed by atoms with van der Waals surface area (Å²) in [4.78, 5) is 22.0. The van der Waals surface area contributed by atoms with E-state index in [1.807, 2.05) is 4.90 Å². The maximum Gasteiger partial charge on any atom is 0.407 e. The second-order valence-corrected chi connectivity index (χ2v) is 6.58. The Kier molecular flexibility index (Phi) is 4.84. The minimum Gasteiger partial charge on any atom is -0.465 e. The summed E-state index contributed by atoms with van der Waals surface area (Å²) in [6.07, 6.45) is 4.07. The first-order valence-corrected chi connectivity index (χ1v) is 8.33. The Hall–Kier alpha value is -1.63. The van der Waals surface area contributed by atoms with Gasteiger partial charge in [-0.05, 0) is 49.1 Å². The Balaban J connectivity index is 1.55. The molecule has 0 aliphatic carbocycles. The summed E-state index contributed by atoms with van der Waals surface area (Å²) in [5, 5.41) is 9.06. The lowest BCUT2D eigenvalue weighted by atomic mass is 9.79. The summed E-state index contributed by atoms with van der Waals surface area (Å²) in [6, 6.07) is 0. The number of carbonyl (C=O) groups is 1. The number of rotatable bonds is 2. The second kappa shape index (κ2) is 6.86. The minimum absolute atomic E-state index is 0.0598. The molecular formula is C15H20ClFN4O2. The topological polar surface area (TPSA) is 69.6 Å². The molecule has 2 saturated heterocycles. The van der Waals surface area contributed by atoms with Crippen LogP contribution in [-0.4, -0.2) is 52.2 Å². The van der Waals surface area contributed by atoms with Crippen LogP contribution in [0.4, 0.5) is 15.0 Å². The molecule has 6 nitrogen and oxygen atoms in total. The number of aromatic nitrogens is 2. The molecule has 2 fully saturated rings. The zero-order valence-corrected chi connectivity index (χ0v) is 13.5. The fourth-order valence-corrected chi connectivity index (χ4v) is 3.83. The summed E-state index contributed by atoms with van der Waals surface area (Å²) in [5.74, 6) is 0.973. The number of carboxylic acid groups (broad SMARTS) is 1. The van der Waals surface area contributed by atoms with Crippen molar-refractivity contribution in [3.8, 4) is 0 Å². The molecule has 0 aromatic carbocycles. The smallest absolute Gasteiger partial charge is 0.407 e. The third-order valence-corrected chi connectivity index (χ3v) is 5.19. The van der Waals surface area contributed by atoms with Gasteiger partial charge in [0.1, 0.15) is 0 Å². The van der Waals surface area contributed by atoms with Gasteiger partial charge in [0, 0.05) is 26.2 Å². The highest BCUT2D eigenvalue weighted by atomic mass is 35.5. The summed E-state index contributed by atoms with van der Waals surface area (Å²) >= 11 is 5.76. The van der Waals surface area contributed by atoms with Crippen molar-refractivity contribution >= 4 is 23.5 Å². The van der Waals surface area contributed by atoms with Crippen molar-refractivity contribution in [2.45, 2.75) is 25.7 Å². The number of hydrogen-bond donors (Lipinski definition) is 1. The zero-order valence-electron chi connectivity index (χ0n) is 12.8. The third kappa shape index (κ3) is 3.65. The molecule has 1 aromatic heterocycles. The van der Waals surface area contributed by atoms with Crippen LogP contribution in [0.15, 0.2) is 6.20 Å². The van der Waals surface area contributed by atoms with Gasteiger partial charge in [0.25, 0.3) is 0 Å². The standard InChI is InChI=1S/C15H20ClFN4O2/c16-14-18-9-12(17)13(19-14)20-5-1-10(2-6-20)11-3-7-21(8-4-11)15(22)23/h9-11H,1-8H2,(H,22,23). The van der Waals surface area contributed by atoms with Crippen LogP contribution in [0.25, 0.3) is 0 Å². The summed E-state index contributed by atoms with van der Waals surface area (Å²) < 4.78 is 13.8. The number of hydrogen-bond acceptors (Lipinski definition) is 4. The van der Waals surface area contributed by atoms with Crippen LogP contribution in [0, 0.1) is 17.7 Å². The first kappa shape index (κ1) is 16.2. The molecule has 126 valence electrons. The summed E-state index contributed by atoms with van der Waals surface area (Å²) in [6.45, 7) is 2.73. The van der Waals surface area contributed by atoms with E-state index in [4.69, 9.17) is 16.7 Å². The van der Waals surface area contributed by atoms with Crippen molar-refractivity contribution < 1.29 is 14.3 Å². The van der Waals surface area contributed by atoms with Crippen molar-refractivity contribution in [2.24, 2.45) is 11.8 Å². The van der Waals surface area contributed by atoms with E-state index in [2.05, 4.69) is 9.97 Å². The largest absolute Gasteiger partial charge is 0.465 e. The third-order valence-electron chi connectivity index (χ3n) is 5.01. The van der Waals surface area contributed by atoms with Gasteiger partial charge < -0.3 is 14.9 Å². The van der Waals surface area contributed by atoms with Crippen molar-refractivity contribution in [3.05, 3.63) is 17.3 Å². The zero-order chi connectivity index (χ0) is 16.4. The molecule has 0 atom stereocenters. The molecular weight excluding hydrogens is 323 g/mol. The van der Waals surface area contributed by atoms with Crippen molar-refractivity contribution in [1.29, 1.82) is 0 Å². The van der Waals surface area contributed by atoms with E-state index in [0.717, 1.165) is 45.0 Å². The first-order valence-electron chi connectivity index (χ1n) is 7.95. The second-order valence-electron chi connectivity index (χ2n) is 6.24. The molecule has 0 spiro atoms. The average molecular weight is 343 g/mol. The van der Waals surface area contributed by atoms with Gasteiger partial charge in [0.15, 0.2) is 11.6 Å². The molecule has 1 aromatic rings. The number of anilines is 1. The van der Waals surface area contributed by atoms with Gasteiger partial charge in [-0.1, -0.05) is 0 Å². The van der Waals surface area contributed by atoms with E-state index in [9.17, 15) is 9.18 Å². The monoisotopic (exact) mass is 342 g/mol. The lowest BCUT2D eigenvalue weighted by Gasteiger charge is -2.39. The van der Waals surface area contributed by atoms with Gasteiger partial charge in [-0.15, -0.1) is 0 Å². The highest BCUT2D eigenvalue weighted by molar-refractivity contribution is 6.28. The van der Waals surface area contributed by atoms with Gasteiger partial charge in [-0.2, -0.15) is 4.98 Å². The molecule has 0 unspecified atom stereocenters. The van der Waals surface area contributed by atoms with Gasteiger partial charge in [-0.25, -0.2) is 14.2 Å². The maximum atomic E-state index is 13.8. The number of piperidine rings is 2. The van der Waals surface area contributed by atoms with E-state index < -0.39 is 11.9 Å². The number of likely N-dealkylation sites (tertiary alicyclic amines) is 1. The Morgan fingerprint density at radius 1 is 1.17 bits per heavy atom. The van der Waals surface area contributed by atoms with Gasteiger partial charge in [0.2, 0.25) is 5.28 Å². The summed E-state index contributed by atoms with van der Waals surface area (Å²) in [7, 11) is 0. The molecule has 23 heavy (non-hydrogen) atoms. The highest BCUT2D eigenvalue weighted by Crippen LogP contribution is 2.34. The van der Waals surface area contributed by atoms with E-state index in [1.54, 1.807) is 0 Å². The molecule has 0 radical (unpaired) electrons. The van der Waals surface area contributed by atoms with Crippen LogP contribution in [0.2, 0.25) is 5.28 Å². The molecule has 8 heteroatoms. The van der Waals surface area contributed by atoms with Gasteiger partial charge >= 0.3 is 6.09 Å². The van der Waals surface area contributed by atoms with Crippen LogP contribution >= 0.6 is 11.6 Å². The molecule has 2 aliphatic heterocycles. The lowest BCUT2D eigenvalue weighted by Crippen LogP contribution is -2.42. The molecule has 0 saturated carbocycles. The lowest BCUT2D eigenvalue weighted by molar-refractivity contribution is 0.107. The molecule has 3 rings (SSSR count). The van der Waals surface area contributed by atoms with Crippen LogP contribution < -0.4 is 4.90 Å². The Labute approximate surface area is 139 Å². The fraction of sp³-hybridized carbons (Fsp3) is 0.667. The van der Waals surface area contributed by atoms with Crippen molar-refractivity contribution in [1.82, 2.24) is 14.9 Å². The summed E-state index contributed by atoms with van der Waals surface area (Å²) in [5.41, 5.74) is 0. The normalized spacial score (nSPS) is 20.8. The Morgan fingerprint density at radius 3 is 2.30 bits per heavy atom. The number of nitrogens with zero attached hydrogens (tertiary/aromatic N) is 4. The van der Waals surface area contributed by atoms with Crippen molar-refractivity contribution in [2.75, 3.05) is 31.1 Å². The fourth-order valence-electron chi connectivity index (χ4n) is 3.70. The van der Waals surface area contributed by atoms with Crippen LogP contribution in [-0.2, 0) is 0 Å². The Bertz CT molecular complexity index is 573. The van der Waals surface area contributed by atoms with E-state index in [-0.39, 0.29) is 11.1 Å². The van der Waals surface area contributed by atoms with Gasteiger partial charge in [-0.3, -0.25) is 0 Å². The molecule has 3 heterocycles. The number of halogens is 2. The molecule has 2 aliphatic rings. The molecule has 1 amide bonds. The average Bonchev–Trinajstić information content (AvgIpc) is 2.57. The Morgan fingerprint density at radius 2 is 1.74 bits per heavy atom. The highest BCUT2D eigenvalue weighted by Gasteiger charge is 2.31. The minimum atomic E-state index is -0.825. The molecule has 0 bridgehead atoms. The van der Waals surface area contributed by atoms with Gasteiger partial charge in [0.05, 0.1) is 6.20 Å². The van der Waals surface area contributed by atoms with E-state index in [0.29, 0.717) is 24.9 Å². The first-order chi connectivity index (χ1) is 11.0. The van der Waals surface area contributed by atoms with Crippen LogP contribution in [0.1, 0.15) is 25.7 Å². The van der Waals surface area contributed by atoms with E-state index >= 15 is 0 Å². The van der Waals surface area contributed by atoms with Crippen LogP contribution in [0.5, 0.6) is 0 Å². The van der Waals surface area contributed by atoms with Crippen LogP contribution in [0.3, 0.4) is 0 Å². The maximum absolute atomic E-state index is 13.8. The predicted octanol–water partition coefficient (Wildman–Crippen LogP) is 2.88. The van der Waals surface area contributed by atoms with E-state index in [1.165, 1.54) is 4.90 Å². The number of amides is 1. The quantitative estimate of drug-likeness (QED) is 0.837. The van der Waals surface area contributed by atoms with Crippen molar-refractivity contribution in [3.63, 3.8) is 0 Å². The predicted molar refractivity (Wildman–Crippen MR) is 84.3 cm³/mol. The SMILES string of the molecule is O=C(O)N1CCC(C2CCN(c3nc(Cl)ncc3F)CC2)CC1.